The minimum absolute atomic E-state index is 0.0656. The molecule has 0 bridgehead atoms. The number of carboxylic acids is 1. The SMILES string of the molecule is CC(C)n1ccn(-c2ccccc2C2(C(=O)O)CCCC2)c1=O. The third kappa shape index (κ3) is 2.40. The van der Waals surface area contributed by atoms with E-state index in [-0.39, 0.29) is 11.7 Å². The number of benzene rings is 1. The van der Waals surface area contributed by atoms with Gasteiger partial charge in [0, 0.05) is 18.4 Å². The molecule has 1 aliphatic carbocycles. The maximum absolute atomic E-state index is 12.6. The van der Waals surface area contributed by atoms with Gasteiger partial charge in [0.05, 0.1) is 11.1 Å². The second-order valence-corrected chi connectivity index (χ2v) is 6.56. The number of carbonyl (C=O) groups is 1. The summed E-state index contributed by atoms with van der Waals surface area (Å²) in [5.41, 5.74) is 0.413. The lowest BCUT2D eigenvalue weighted by atomic mass is 9.78. The van der Waals surface area contributed by atoms with Crippen LogP contribution in [0.15, 0.2) is 41.5 Å². The number of aliphatic carboxylic acids is 1. The highest BCUT2D eigenvalue weighted by atomic mass is 16.4. The van der Waals surface area contributed by atoms with Crippen LogP contribution in [-0.2, 0) is 10.2 Å². The Balaban J connectivity index is 2.20. The molecule has 0 amide bonds. The second-order valence-electron chi connectivity index (χ2n) is 6.56. The molecule has 0 atom stereocenters. The van der Waals surface area contributed by atoms with Crippen molar-refractivity contribution in [3.05, 3.63) is 52.7 Å². The van der Waals surface area contributed by atoms with E-state index in [1.54, 1.807) is 21.5 Å². The van der Waals surface area contributed by atoms with E-state index in [1.165, 1.54) is 0 Å². The molecule has 0 saturated heterocycles. The van der Waals surface area contributed by atoms with E-state index in [0.29, 0.717) is 18.5 Å². The van der Waals surface area contributed by atoms with Gasteiger partial charge in [0.1, 0.15) is 0 Å². The van der Waals surface area contributed by atoms with Gasteiger partial charge in [-0.1, -0.05) is 31.0 Å². The van der Waals surface area contributed by atoms with Crippen LogP contribution < -0.4 is 5.69 Å². The highest BCUT2D eigenvalue weighted by Crippen LogP contribution is 2.43. The third-order valence-electron chi connectivity index (χ3n) is 4.91. The van der Waals surface area contributed by atoms with Crippen molar-refractivity contribution in [3.8, 4) is 5.69 Å². The molecule has 1 saturated carbocycles. The second kappa shape index (κ2) is 5.72. The molecular formula is C18H22N2O3. The molecule has 0 aliphatic heterocycles. The van der Waals surface area contributed by atoms with Gasteiger partial charge in [0.15, 0.2) is 0 Å². The molecule has 1 N–H and O–H groups in total. The van der Waals surface area contributed by atoms with Gasteiger partial charge in [-0.3, -0.25) is 13.9 Å². The molecule has 1 heterocycles. The van der Waals surface area contributed by atoms with Crippen molar-refractivity contribution in [2.75, 3.05) is 0 Å². The average Bonchev–Trinajstić information content (AvgIpc) is 3.14. The summed E-state index contributed by atoms with van der Waals surface area (Å²) in [4.78, 5) is 24.6. The number of rotatable bonds is 4. The summed E-state index contributed by atoms with van der Waals surface area (Å²) in [5.74, 6) is -0.793. The van der Waals surface area contributed by atoms with E-state index >= 15 is 0 Å². The molecular weight excluding hydrogens is 292 g/mol. The molecule has 0 radical (unpaired) electrons. The van der Waals surface area contributed by atoms with E-state index < -0.39 is 11.4 Å². The first-order chi connectivity index (χ1) is 11.0. The van der Waals surface area contributed by atoms with Crippen molar-refractivity contribution >= 4 is 5.97 Å². The van der Waals surface area contributed by atoms with E-state index in [2.05, 4.69) is 0 Å². The Morgan fingerprint density at radius 2 is 1.83 bits per heavy atom. The number of nitrogens with zero attached hydrogens (tertiary/aromatic N) is 2. The number of hydrogen-bond donors (Lipinski definition) is 1. The highest BCUT2D eigenvalue weighted by Gasteiger charge is 2.44. The smallest absolute Gasteiger partial charge is 0.332 e. The predicted octanol–water partition coefficient (Wildman–Crippen LogP) is 3.12. The summed E-state index contributed by atoms with van der Waals surface area (Å²) in [5, 5.41) is 9.86. The van der Waals surface area contributed by atoms with Crippen LogP contribution in [0, 0.1) is 0 Å². The maximum atomic E-state index is 12.6. The standard InChI is InChI=1S/C18H22N2O3/c1-13(2)19-11-12-20(17(19)23)15-8-4-3-7-14(15)18(16(21)22)9-5-6-10-18/h3-4,7-8,11-13H,5-6,9-10H2,1-2H3,(H,21,22). The zero-order valence-corrected chi connectivity index (χ0v) is 13.5. The number of imidazole rings is 1. The summed E-state index contributed by atoms with van der Waals surface area (Å²) in [7, 11) is 0. The Kier molecular flexibility index (Phi) is 3.88. The molecule has 1 aromatic carbocycles. The Morgan fingerprint density at radius 3 is 2.39 bits per heavy atom. The van der Waals surface area contributed by atoms with Crippen LogP contribution in [0.2, 0.25) is 0 Å². The van der Waals surface area contributed by atoms with Crippen molar-refractivity contribution in [1.29, 1.82) is 0 Å². The fourth-order valence-corrected chi connectivity index (χ4v) is 3.63. The number of aromatic nitrogens is 2. The van der Waals surface area contributed by atoms with Gasteiger partial charge >= 0.3 is 11.7 Å². The molecule has 0 unspecified atom stereocenters. The van der Waals surface area contributed by atoms with Crippen molar-refractivity contribution in [2.24, 2.45) is 0 Å². The number of hydrogen-bond acceptors (Lipinski definition) is 2. The average molecular weight is 314 g/mol. The largest absolute Gasteiger partial charge is 0.481 e. The zero-order chi connectivity index (χ0) is 16.6. The van der Waals surface area contributed by atoms with Crippen LogP contribution in [0.3, 0.4) is 0 Å². The van der Waals surface area contributed by atoms with Crippen LogP contribution in [0.5, 0.6) is 0 Å². The summed E-state index contributed by atoms with van der Waals surface area (Å²) >= 11 is 0. The molecule has 0 spiro atoms. The van der Waals surface area contributed by atoms with Crippen LogP contribution in [-0.4, -0.2) is 20.2 Å². The summed E-state index contributed by atoms with van der Waals surface area (Å²) in [6.07, 6.45) is 6.54. The fourth-order valence-electron chi connectivity index (χ4n) is 3.63. The lowest BCUT2D eigenvalue weighted by Crippen LogP contribution is -2.35. The molecule has 5 heteroatoms. The Hall–Kier alpha value is -2.30. The summed E-state index contributed by atoms with van der Waals surface area (Å²) in [6.45, 7) is 3.90. The highest BCUT2D eigenvalue weighted by molar-refractivity contribution is 5.83. The minimum Gasteiger partial charge on any atom is -0.481 e. The van der Waals surface area contributed by atoms with Gasteiger partial charge in [-0.2, -0.15) is 0 Å². The molecule has 23 heavy (non-hydrogen) atoms. The van der Waals surface area contributed by atoms with Gasteiger partial charge in [-0.15, -0.1) is 0 Å². The van der Waals surface area contributed by atoms with Gasteiger partial charge in [0.25, 0.3) is 0 Å². The third-order valence-corrected chi connectivity index (χ3v) is 4.91. The lowest BCUT2D eigenvalue weighted by molar-refractivity contribution is -0.143. The first kappa shape index (κ1) is 15.6. The van der Waals surface area contributed by atoms with Gasteiger partial charge in [0.2, 0.25) is 0 Å². The molecule has 1 aromatic heterocycles. The molecule has 122 valence electrons. The van der Waals surface area contributed by atoms with Crippen LogP contribution >= 0.6 is 0 Å². The summed E-state index contributed by atoms with van der Waals surface area (Å²) < 4.78 is 3.22. The van der Waals surface area contributed by atoms with E-state index in [0.717, 1.165) is 18.4 Å². The Bertz CT molecular complexity index is 780. The van der Waals surface area contributed by atoms with Crippen LogP contribution in [0.1, 0.15) is 51.1 Å². The van der Waals surface area contributed by atoms with Crippen LogP contribution in [0.4, 0.5) is 0 Å². The summed E-state index contributed by atoms with van der Waals surface area (Å²) in [6, 6.07) is 7.46. The first-order valence-electron chi connectivity index (χ1n) is 8.10. The van der Waals surface area contributed by atoms with Crippen molar-refractivity contribution in [1.82, 2.24) is 9.13 Å². The molecule has 5 nitrogen and oxygen atoms in total. The van der Waals surface area contributed by atoms with E-state index in [1.807, 2.05) is 38.1 Å². The molecule has 1 fully saturated rings. The predicted molar refractivity (Wildman–Crippen MR) is 88.2 cm³/mol. The van der Waals surface area contributed by atoms with Crippen molar-refractivity contribution < 1.29 is 9.90 Å². The Labute approximate surface area is 135 Å². The minimum atomic E-state index is -0.879. The monoisotopic (exact) mass is 314 g/mol. The lowest BCUT2D eigenvalue weighted by Gasteiger charge is -2.27. The van der Waals surface area contributed by atoms with Gasteiger partial charge < -0.3 is 5.11 Å². The molecule has 1 aliphatic rings. The maximum Gasteiger partial charge on any atom is 0.332 e. The van der Waals surface area contributed by atoms with E-state index in [9.17, 15) is 14.7 Å². The normalized spacial score (nSPS) is 16.8. The van der Waals surface area contributed by atoms with Crippen molar-refractivity contribution in [2.45, 2.75) is 51.0 Å². The molecule has 2 aromatic rings. The zero-order valence-electron chi connectivity index (χ0n) is 13.5. The van der Waals surface area contributed by atoms with Gasteiger partial charge in [-0.05, 0) is 38.3 Å². The number of carboxylic acid groups (broad SMARTS) is 1. The first-order valence-corrected chi connectivity index (χ1v) is 8.10. The topological polar surface area (TPSA) is 64.2 Å². The fraction of sp³-hybridized carbons (Fsp3) is 0.444. The van der Waals surface area contributed by atoms with E-state index in [4.69, 9.17) is 0 Å². The van der Waals surface area contributed by atoms with Crippen molar-refractivity contribution in [3.63, 3.8) is 0 Å². The number of para-hydroxylation sites is 1. The van der Waals surface area contributed by atoms with Crippen LogP contribution in [0.25, 0.3) is 5.69 Å². The quantitative estimate of drug-likeness (QED) is 0.943. The Morgan fingerprint density at radius 1 is 1.17 bits per heavy atom. The van der Waals surface area contributed by atoms with Gasteiger partial charge in [-0.25, -0.2) is 4.79 Å². The molecule has 3 rings (SSSR count).